The van der Waals surface area contributed by atoms with E-state index in [-0.39, 0.29) is 11.0 Å². The molecule has 0 N–H and O–H groups in total. The van der Waals surface area contributed by atoms with E-state index >= 15 is 0 Å². The molecule has 0 bridgehead atoms. The Balaban J connectivity index is 2.15. The van der Waals surface area contributed by atoms with Crippen molar-refractivity contribution in [2.45, 2.75) is 20.4 Å². The monoisotopic (exact) mass is 329 g/mol. The van der Waals surface area contributed by atoms with Crippen molar-refractivity contribution >= 4 is 21.6 Å². The van der Waals surface area contributed by atoms with Crippen LogP contribution in [0.3, 0.4) is 0 Å². The van der Waals surface area contributed by atoms with Gasteiger partial charge in [0.1, 0.15) is 0 Å². The highest BCUT2D eigenvalue weighted by molar-refractivity contribution is 9.09. The minimum Gasteiger partial charge on any atom is -0.378 e. The molecule has 0 unspecified atom stereocenters. The van der Waals surface area contributed by atoms with Crippen molar-refractivity contribution in [3.8, 4) is 0 Å². The van der Waals surface area contributed by atoms with E-state index in [9.17, 15) is 4.79 Å². The van der Waals surface area contributed by atoms with Crippen LogP contribution < -0.4 is 10.5 Å². The molecule has 0 aromatic carbocycles. The maximum absolute atomic E-state index is 12.1. The first kappa shape index (κ1) is 14.5. The van der Waals surface area contributed by atoms with Gasteiger partial charge in [-0.2, -0.15) is 5.10 Å². The number of ether oxygens (including phenoxy) is 1. The van der Waals surface area contributed by atoms with Crippen LogP contribution in [0.4, 0.5) is 5.69 Å². The Morgan fingerprint density at radius 3 is 2.68 bits per heavy atom. The number of hydrogen-bond acceptors (Lipinski definition) is 4. The van der Waals surface area contributed by atoms with E-state index in [1.165, 1.54) is 4.68 Å². The van der Waals surface area contributed by atoms with Gasteiger partial charge in [-0.1, -0.05) is 29.8 Å². The van der Waals surface area contributed by atoms with Gasteiger partial charge in [-0.25, -0.2) is 4.68 Å². The molecule has 2 rings (SSSR count). The van der Waals surface area contributed by atoms with Gasteiger partial charge < -0.3 is 9.64 Å². The number of hydrogen-bond donors (Lipinski definition) is 0. The summed E-state index contributed by atoms with van der Waals surface area (Å²) >= 11 is 3.46. The van der Waals surface area contributed by atoms with Gasteiger partial charge in [0.2, 0.25) is 0 Å². The summed E-state index contributed by atoms with van der Waals surface area (Å²) < 4.78 is 6.84. The summed E-state index contributed by atoms with van der Waals surface area (Å²) in [5.74, 6) is 0. The van der Waals surface area contributed by atoms with Gasteiger partial charge in [-0.05, 0) is 5.41 Å². The van der Waals surface area contributed by atoms with Gasteiger partial charge in [-0.15, -0.1) is 0 Å². The van der Waals surface area contributed by atoms with E-state index in [0.717, 1.165) is 24.1 Å². The molecule has 1 saturated heterocycles. The molecule has 0 radical (unpaired) electrons. The standard InChI is InChI=1S/C13H20BrN3O2/c1-13(2,9-14)10-17-12(18)7-11(8-15-17)16-3-5-19-6-4-16/h7-8H,3-6,9-10H2,1-2H3. The van der Waals surface area contributed by atoms with Gasteiger partial charge >= 0.3 is 0 Å². The van der Waals surface area contributed by atoms with Crippen LogP contribution in [0, 0.1) is 5.41 Å². The normalized spacial score (nSPS) is 16.7. The Morgan fingerprint density at radius 1 is 1.42 bits per heavy atom. The first-order chi connectivity index (χ1) is 9.02. The average Bonchev–Trinajstić information content (AvgIpc) is 2.42. The molecule has 19 heavy (non-hydrogen) atoms. The third-order valence-corrected chi connectivity index (χ3v) is 4.69. The highest BCUT2D eigenvalue weighted by Crippen LogP contribution is 2.20. The van der Waals surface area contributed by atoms with Gasteiger partial charge in [-0.3, -0.25) is 4.79 Å². The highest BCUT2D eigenvalue weighted by atomic mass is 79.9. The third-order valence-electron chi connectivity index (χ3n) is 3.17. The van der Waals surface area contributed by atoms with Crippen molar-refractivity contribution in [2.75, 3.05) is 36.5 Å². The number of halogens is 1. The third kappa shape index (κ3) is 3.79. The lowest BCUT2D eigenvalue weighted by atomic mass is 9.97. The van der Waals surface area contributed by atoms with E-state index in [2.05, 4.69) is 39.8 Å². The van der Waals surface area contributed by atoms with Crippen LogP contribution in [0.15, 0.2) is 17.1 Å². The zero-order valence-electron chi connectivity index (χ0n) is 11.4. The second-order valence-corrected chi connectivity index (χ2v) is 6.17. The first-order valence-electron chi connectivity index (χ1n) is 6.48. The largest absolute Gasteiger partial charge is 0.378 e. The van der Waals surface area contributed by atoms with Crippen LogP contribution in [0.25, 0.3) is 0 Å². The molecule has 6 heteroatoms. The lowest BCUT2D eigenvalue weighted by molar-refractivity contribution is 0.122. The predicted molar refractivity (Wildman–Crippen MR) is 79.1 cm³/mol. The molecule has 2 heterocycles. The SMILES string of the molecule is CC(C)(CBr)Cn1ncc(N2CCOCC2)cc1=O. The van der Waals surface area contributed by atoms with Crippen LogP contribution >= 0.6 is 15.9 Å². The summed E-state index contributed by atoms with van der Waals surface area (Å²) in [5, 5.41) is 5.12. The topological polar surface area (TPSA) is 47.4 Å². The Kier molecular flexibility index (Phi) is 4.62. The summed E-state index contributed by atoms with van der Waals surface area (Å²) in [6.45, 7) is 7.87. The fraction of sp³-hybridized carbons (Fsp3) is 0.692. The summed E-state index contributed by atoms with van der Waals surface area (Å²) in [7, 11) is 0. The number of alkyl halides is 1. The molecule has 0 aliphatic carbocycles. The maximum Gasteiger partial charge on any atom is 0.268 e. The van der Waals surface area contributed by atoms with E-state index < -0.39 is 0 Å². The minimum atomic E-state index is -0.0435. The molecule has 0 amide bonds. The zero-order chi connectivity index (χ0) is 13.9. The smallest absolute Gasteiger partial charge is 0.268 e. The Labute approximate surface area is 121 Å². The van der Waals surface area contributed by atoms with E-state index in [0.29, 0.717) is 19.8 Å². The lowest BCUT2D eigenvalue weighted by Gasteiger charge is -2.28. The summed E-state index contributed by atoms with van der Waals surface area (Å²) in [6, 6.07) is 1.67. The summed E-state index contributed by atoms with van der Waals surface area (Å²) in [5.41, 5.74) is 0.858. The molecule has 1 aromatic rings. The first-order valence-corrected chi connectivity index (χ1v) is 7.60. The van der Waals surface area contributed by atoms with Gasteiger partial charge in [0.05, 0.1) is 31.6 Å². The number of morpholine rings is 1. The predicted octanol–water partition coefficient (Wildman–Crippen LogP) is 1.50. The number of rotatable bonds is 4. The van der Waals surface area contributed by atoms with Crippen molar-refractivity contribution in [1.29, 1.82) is 0 Å². The van der Waals surface area contributed by atoms with Crippen molar-refractivity contribution in [3.05, 3.63) is 22.6 Å². The van der Waals surface area contributed by atoms with Gasteiger partial charge in [0.25, 0.3) is 5.56 Å². The number of anilines is 1. The fourth-order valence-electron chi connectivity index (χ4n) is 1.98. The van der Waals surface area contributed by atoms with Crippen LogP contribution in [0.1, 0.15) is 13.8 Å². The fourth-order valence-corrected chi connectivity index (χ4v) is 2.16. The second kappa shape index (κ2) is 6.05. The summed E-state index contributed by atoms with van der Waals surface area (Å²) in [4.78, 5) is 14.2. The van der Waals surface area contributed by atoms with Crippen molar-refractivity contribution in [1.82, 2.24) is 9.78 Å². The molecule has 0 saturated carbocycles. The Hall–Kier alpha value is -0.880. The maximum atomic E-state index is 12.1. The lowest BCUT2D eigenvalue weighted by Crippen LogP contribution is -2.38. The molecular formula is C13H20BrN3O2. The molecule has 0 spiro atoms. The van der Waals surface area contributed by atoms with Crippen molar-refractivity contribution in [2.24, 2.45) is 5.41 Å². The number of nitrogens with zero attached hydrogens (tertiary/aromatic N) is 3. The van der Waals surface area contributed by atoms with E-state index in [1.54, 1.807) is 12.3 Å². The van der Waals surface area contributed by atoms with Crippen LogP contribution in [-0.2, 0) is 11.3 Å². The molecule has 1 aromatic heterocycles. The van der Waals surface area contributed by atoms with Gasteiger partial charge in [0.15, 0.2) is 0 Å². The minimum absolute atomic E-state index is 0.0112. The number of aromatic nitrogens is 2. The van der Waals surface area contributed by atoms with Gasteiger partial charge in [0, 0.05) is 24.5 Å². The molecule has 0 atom stereocenters. The Morgan fingerprint density at radius 2 is 2.11 bits per heavy atom. The highest BCUT2D eigenvalue weighted by Gasteiger charge is 2.19. The van der Waals surface area contributed by atoms with Crippen molar-refractivity contribution in [3.63, 3.8) is 0 Å². The zero-order valence-corrected chi connectivity index (χ0v) is 13.0. The summed E-state index contributed by atoms with van der Waals surface area (Å²) in [6.07, 6.45) is 1.77. The van der Waals surface area contributed by atoms with Crippen molar-refractivity contribution < 1.29 is 4.74 Å². The second-order valence-electron chi connectivity index (χ2n) is 5.61. The molecule has 106 valence electrons. The Bertz CT molecular complexity index is 481. The molecular weight excluding hydrogens is 310 g/mol. The molecule has 5 nitrogen and oxygen atoms in total. The van der Waals surface area contributed by atoms with Crippen LogP contribution in [0.5, 0.6) is 0 Å². The van der Waals surface area contributed by atoms with E-state index in [1.807, 2.05) is 0 Å². The van der Waals surface area contributed by atoms with Crippen LogP contribution in [-0.4, -0.2) is 41.4 Å². The van der Waals surface area contributed by atoms with Crippen LogP contribution in [0.2, 0.25) is 0 Å². The quantitative estimate of drug-likeness (QED) is 0.785. The molecule has 1 aliphatic rings. The average molecular weight is 330 g/mol. The van der Waals surface area contributed by atoms with E-state index in [4.69, 9.17) is 4.74 Å². The molecule has 1 fully saturated rings. The molecule has 1 aliphatic heterocycles.